The van der Waals surface area contributed by atoms with E-state index in [1.165, 1.54) is 33.0 Å². The molecule has 0 saturated carbocycles. The van der Waals surface area contributed by atoms with Gasteiger partial charge < -0.3 is 18.9 Å². The Morgan fingerprint density at radius 2 is 1.24 bits per heavy atom. The summed E-state index contributed by atoms with van der Waals surface area (Å²) in [6, 6.07) is 25.6. The molecule has 0 fully saturated rings. The van der Waals surface area contributed by atoms with Gasteiger partial charge in [-0.25, -0.2) is 0 Å². The minimum Gasteiger partial charge on any atom is -0.496 e. The number of methoxy groups -OCH3 is 2. The Balaban J connectivity index is 1.34. The molecule has 1 heterocycles. The van der Waals surface area contributed by atoms with Crippen LogP contribution in [0.2, 0.25) is 0 Å². The van der Waals surface area contributed by atoms with Crippen molar-refractivity contribution in [3.63, 3.8) is 0 Å². The molecule has 1 aliphatic heterocycles. The summed E-state index contributed by atoms with van der Waals surface area (Å²) in [7, 11) is 3.44. The van der Waals surface area contributed by atoms with E-state index in [9.17, 15) is 0 Å². The molecule has 0 aromatic heterocycles. The molecule has 0 atom stereocenters. The zero-order chi connectivity index (χ0) is 22.6. The van der Waals surface area contributed by atoms with Crippen LogP contribution >= 0.6 is 0 Å². The molecular formula is C29H28O4. The summed E-state index contributed by atoms with van der Waals surface area (Å²) < 4.78 is 22.3. The fourth-order valence-corrected chi connectivity index (χ4v) is 4.48. The third-order valence-corrected chi connectivity index (χ3v) is 6.30. The van der Waals surface area contributed by atoms with Crippen LogP contribution in [0.4, 0.5) is 0 Å². The van der Waals surface area contributed by atoms with Crippen LogP contribution in [0.25, 0.3) is 10.8 Å². The summed E-state index contributed by atoms with van der Waals surface area (Å²) >= 11 is 0. The van der Waals surface area contributed by atoms with Crippen molar-refractivity contribution in [2.45, 2.75) is 25.7 Å². The monoisotopic (exact) mass is 440 g/mol. The number of fused-ring (bicyclic) bond motifs is 2. The van der Waals surface area contributed by atoms with Crippen molar-refractivity contribution >= 4 is 10.8 Å². The lowest BCUT2D eigenvalue weighted by molar-refractivity contribution is 0.174. The van der Waals surface area contributed by atoms with E-state index >= 15 is 0 Å². The molecule has 0 N–H and O–H groups in total. The van der Waals surface area contributed by atoms with Gasteiger partial charge in [0.1, 0.15) is 11.5 Å². The molecule has 0 spiro atoms. The molecule has 0 amide bonds. The van der Waals surface area contributed by atoms with Gasteiger partial charge in [-0.3, -0.25) is 0 Å². The van der Waals surface area contributed by atoms with E-state index < -0.39 is 0 Å². The van der Waals surface area contributed by atoms with Crippen molar-refractivity contribution in [1.29, 1.82) is 0 Å². The third-order valence-electron chi connectivity index (χ3n) is 6.30. The largest absolute Gasteiger partial charge is 0.496 e. The van der Waals surface area contributed by atoms with E-state index in [4.69, 9.17) is 18.9 Å². The summed E-state index contributed by atoms with van der Waals surface area (Å²) in [6.07, 6.45) is 3.62. The molecule has 4 aromatic carbocycles. The fraction of sp³-hybridized carbons (Fsp3) is 0.241. The van der Waals surface area contributed by atoms with Gasteiger partial charge in [0.25, 0.3) is 0 Å². The Hall–Kier alpha value is -3.66. The van der Waals surface area contributed by atoms with Gasteiger partial charge in [0.2, 0.25) is 6.79 Å². The first-order valence-electron chi connectivity index (χ1n) is 11.3. The van der Waals surface area contributed by atoms with Crippen molar-refractivity contribution < 1.29 is 18.9 Å². The summed E-state index contributed by atoms with van der Waals surface area (Å²) in [5, 5.41) is 2.55. The van der Waals surface area contributed by atoms with Gasteiger partial charge >= 0.3 is 0 Å². The number of rotatable bonds is 8. The maximum atomic E-state index is 5.70. The lowest BCUT2D eigenvalue weighted by atomic mass is 9.96. The molecule has 0 saturated heterocycles. The molecule has 0 radical (unpaired) electrons. The molecule has 4 aromatic rings. The second-order valence-corrected chi connectivity index (χ2v) is 8.35. The first kappa shape index (κ1) is 21.2. The van der Waals surface area contributed by atoms with Crippen LogP contribution in [0.1, 0.15) is 22.3 Å². The van der Waals surface area contributed by atoms with E-state index in [1.807, 2.05) is 12.1 Å². The molecule has 0 aliphatic carbocycles. The first-order valence-corrected chi connectivity index (χ1v) is 11.3. The van der Waals surface area contributed by atoms with Gasteiger partial charge in [-0.15, -0.1) is 0 Å². The van der Waals surface area contributed by atoms with Crippen molar-refractivity contribution in [2.24, 2.45) is 0 Å². The highest BCUT2D eigenvalue weighted by atomic mass is 16.7. The molecule has 4 heteroatoms. The summed E-state index contributed by atoms with van der Waals surface area (Å²) in [5.74, 6) is 3.38. The van der Waals surface area contributed by atoms with E-state index in [2.05, 4.69) is 60.7 Å². The van der Waals surface area contributed by atoms with Crippen LogP contribution in [0.3, 0.4) is 0 Å². The normalized spacial score (nSPS) is 12.2. The van der Waals surface area contributed by atoms with Gasteiger partial charge in [-0.1, -0.05) is 48.5 Å². The second-order valence-electron chi connectivity index (χ2n) is 8.35. The van der Waals surface area contributed by atoms with Gasteiger partial charge in [-0.2, -0.15) is 0 Å². The predicted molar refractivity (Wildman–Crippen MR) is 131 cm³/mol. The topological polar surface area (TPSA) is 36.9 Å². The van der Waals surface area contributed by atoms with Crippen LogP contribution in [-0.2, 0) is 25.7 Å². The van der Waals surface area contributed by atoms with Crippen molar-refractivity contribution in [2.75, 3.05) is 21.0 Å². The molecule has 1 aliphatic rings. The van der Waals surface area contributed by atoms with Crippen LogP contribution in [0.5, 0.6) is 23.0 Å². The van der Waals surface area contributed by atoms with E-state index in [-0.39, 0.29) is 0 Å². The minimum atomic E-state index is 0.297. The highest BCUT2D eigenvalue weighted by Crippen LogP contribution is 2.34. The van der Waals surface area contributed by atoms with Crippen molar-refractivity contribution in [3.8, 4) is 23.0 Å². The zero-order valence-electron chi connectivity index (χ0n) is 19.1. The molecular weight excluding hydrogens is 412 g/mol. The van der Waals surface area contributed by atoms with E-state index in [0.29, 0.717) is 6.79 Å². The highest BCUT2D eigenvalue weighted by molar-refractivity contribution is 5.83. The lowest BCUT2D eigenvalue weighted by Crippen LogP contribution is -2.02. The second kappa shape index (κ2) is 9.45. The Morgan fingerprint density at radius 3 is 1.97 bits per heavy atom. The van der Waals surface area contributed by atoms with Gasteiger partial charge in [0.15, 0.2) is 11.5 Å². The number of hydrogen-bond acceptors (Lipinski definition) is 4. The fourth-order valence-electron chi connectivity index (χ4n) is 4.48. The molecule has 0 unspecified atom stereocenters. The van der Waals surface area contributed by atoms with E-state index in [0.717, 1.165) is 48.7 Å². The van der Waals surface area contributed by atoms with Gasteiger partial charge in [-0.05, 0) is 76.9 Å². The van der Waals surface area contributed by atoms with Gasteiger partial charge in [0.05, 0.1) is 14.2 Å². The van der Waals surface area contributed by atoms with Gasteiger partial charge in [0, 0.05) is 6.07 Å². The Morgan fingerprint density at radius 1 is 0.606 bits per heavy atom. The number of hydrogen-bond donors (Lipinski definition) is 0. The lowest BCUT2D eigenvalue weighted by Gasteiger charge is -2.15. The zero-order valence-corrected chi connectivity index (χ0v) is 19.1. The highest BCUT2D eigenvalue weighted by Gasteiger charge is 2.15. The van der Waals surface area contributed by atoms with Crippen LogP contribution in [-0.4, -0.2) is 21.0 Å². The third kappa shape index (κ3) is 4.61. The van der Waals surface area contributed by atoms with Crippen molar-refractivity contribution in [3.05, 3.63) is 95.1 Å². The van der Waals surface area contributed by atoms with E-state index in [1.54, 1.807) is 14.2 Å². The summed E-state index contributed by atoms with van der Waals surface area (Å²) in [5.41, 5.74) is 4.93. The standard InChI is InChI=1S/C29H28O4/c1-30-27-18-28(31-2)25(13-9-21-10-14-26-29(16-21)33-19-32-26)17-24(27)12-8-20-7-11-22-5-3-4-6-23(22)15-20/h3-7,10-11,14-18H,8-9,12-13,19H2,1-2H3. The average molecular weight is 441 g/mol. The molecule has 4 nitrogen and oxygen atoms in total. The Kier molecular flexibility index (Phi) is 6.07. The average Bonchev–Trinajstić information content (AvgIpc) is 3.34. The number of benzene rings is 4. The van der Waals surface area contributed by atoms with Crippen LogP contribution in [0, 0.1) is 0 Å². The molecule has 168 valence electrons. The first-order chi connectivity index (χ1) is 16.2. The Bertz CT molecular complexity index is 1280. The quantitative estimate of drug-likeness (QED) is 0.329. The van der Waals surface area contributed by atoms with Crippen LogP contribution < -0.4 is 18.9 Å². The SMILES string of the molecule is COc1cc(OC)c(CCc2ccc3ccccc3c2)cc1CCc1ccc2c(c1)OCO2. The maximum Gasteiger partial charge on any atom is 0.231 e. The molecule has 33 heavy (non-hydrogen) atoms. The van der Waals surface area contributed by atoms with Crippen molar-refractivity contribution in [1.82, 2.24) is 0 Å². The van der Waals surface area contributed by atoms with Crippen LogP contribution in [0.15, 0.2) is 72.8 Å². The predicted octanol–water partition coefficient (Wildman–Crippen LogP) is 6.16. The summed E-state index contributed by atoms with van der Waals surface area (Å²) in [4.78, 5) is 0. The number of ether oxygens (including phenoxy) is 4. The summed E-state index contributed by atoms with van der Waals surface area (Å²) in [6.45, 7) is 0.297. The molecule has 5 rings (SSSR count). The number of aryl methyl sites for hydroxylation is 4. The minimum absolute atomic E-state index is 0.297. The Labute approximate surface area is 194 Å². The maximum absolute atomic E-state index is 5.70. The smallest absolute Gasteiger partial charge is 0.231 e. The molecule has 0 bridgehead atoms.